The Morgan fingerprint density at radius 2 is 2.21 bits per heavy atom. The average molecular weight is 227 g/mol. The molecule has 2 aromatic rings. The van der Waals surface area contributed by atoms with Gasteiger partial charge in [0.05, 0.1) is 17.4 Å². The van der Waals surface area contributed by atoms with Gasteiger partial charge in [0, 0.05) is 0 Å². The van der Waals surface area contributed by atoms with Crippen molar-refractivity contribution in [1.29, 1.82) is 0 Å². The molecule has 14 heavy (non-hydrogen) atoms. The smallest absolute Gasteiger partial charge is 0.198 e. The number of carbonyl (C=O) groups excluding carboxylic acids is 1. The third-order valence-electron chi connectivity index (χ3n) is 1.97. The Bertz CT molecular complexity index is 428. The van der Waals surface area contributed by atoms with Crippen LogP contribution >= 0.6 is 22.9 Å². The van der Waals surface area contributed by atoms with E-state index in [4.69, 9.17) is 16.0 Å². The second-order valence-corrected chi connectivity index (χ2v) is 4.35. The van der Waals surface area contributed by atoms with E-state index in [1.54, 1.807) is 24.4 Å². The van der Waals surface area contributed by atoms with Crippen molar-refractivity contribution in [2.24, 2.45) is 0 Å². The van der Waals surface area contributed by atoms with Gasteiger partial charge in [0.15, 0.2) is 5.78 Å². The molecule has 0 aliphatic heterocycles. The van der Waals surface area contributed by atoms with Gasteiger partial charge in [0.1, 0.15) is 10.1 Å². The Hall–Kier alpha value is -1.06. The van der Waals surface area contributed by atoms with Gasteiger partial charge in [-0.2, -0.15) is 0 Å². The van der Waals surface area contributed by atoms with Crippen molar-refractivity contribution in [1.82, 2.24) is 0 Å². The van der Waals surface area contributed by atoms with E-state index in [9.17, 15) is 4.79 Å². The lowest BCUT2D eigenvalue weighted by molar-refractivity contribution is 0.103. The summed E-state index contributed by atoms with van der Waals surface area (Å²) < 4.78 is 5.59. The number of carbonyl (C=O) groups is 1. The topological polar surface area (TPSA) is 30.2 Å². The maximum atomic E-state index is 11.9. The number of ketones is 1. The lowest BCUT2D eigenvalue weighted by Crippen LogP contribution is -1.99. The van der Waals surface area contributed by atoms with Crippen molar-refractivity contribution in [2.75, 3.05) is 0 Å². The number of furan rings is 1. The molecule has 0 amide bonds. The molecule has 0 unspecified atom stereocenters. The van der Waals surface area contributed by atoms with Gasteiger partial charge >= 0.3 is 0 Å². The Labute approximate surface area is 90.1 Å². The summed E-state index contributed by atoms with van der Waals surface area (Å²) in [6.07, 6.45) is 1.50. The zero-order valence-corrected chi connectivity index (χ0v) is 8.98. The summed E-state index contributed by atoms with van der Waals surface area (Å²) in [5.74, 6) is 0.541. The lowest BCUT2D eigenvalue weighted by Gasteiger charge is -1.96. The van der Waals surface area contributed by atoms with E-state index in [1.807, 2.05) is 0 Å². The van der Waals surface area contributed by atoms with E-state index >= 15 is 0 Å². The minimum Gasteiger partial charge on any atom is -0.469 e. The zero-order chi connectivity index (χ0) is 10.1. The van der Waals surface area contributed by atoms with Crippen LogP contribution in [0.15, 0.2) is 28.2 Å². The van der Waals surface area contributed by atoms with Crippen molar-refractivity contribution >= 4 is 28.7 Å². The molecule has 72 valence electrons. The van der Waals surface area contributed by atoms with E-state index < -0.39 is 0 Å². The van der Waals surface area contributed by atoms with E-state index in [-0.39, 0.29) is 5.78 Å². The van der Waals surface area contributed by atoms with Crippen molar-refractivity contribution in [2.45, 2.75) is 6.92 Å². The first kappa shape index (κ1) is 9.49. The van der Waals surface area contributed by atoms with Crippen molar-refractivity contribution in [3.05, 3.63) is 45.0 Å². The first-order valence-corrected chi connectivity index (χ1v) is 5.27. The second-order valence-electron chi connectivity index (χ2n) is 2.83. The molecule has 0 aliphatic carbocycles. The Balaban J connectivity index is 2.44. The van der Waals surface area contributed by atoms with Gasteiger partial charge in [0.2, 0.25) is 0 Å². The fourth-order valence-corrected chi connectivity index (χ4v) is 2.14. The molecule has 2 rings (SSSR count). The molecule has 2 nitrogen and oxygen atoms in total. The third kappa shape index (κ3) is 1.49. The van der Waals surface area contributed by atoms with Crippen LogP contribution in [0.25, 0.3) is 0 Å². The van der Waals surface area contributed by atoms with Crippen molar-refractivity contribution in [3.63, 3.8) is 0 Å². The van der Waals surface area contributed by atoms with Gasteiger partial charge in [-0.3, -0.25) is 4.79 Å². The van der Waals surface area contributed by atoms with E-state index in [2.05, 4.69) is 0 Å². The van der Waals surface area contributed by atoms with Crippen LogP contribution < -0.4 is 0 Å². The summed E-state index contributed by atoms with van der Waals surface area (Å²) in [6, 6.07) is 3.38. The minimum atomic E-state index is -0.0810. The molecular weight excluding hydrogens is 220 g/mol. The molecule has 0 N–H and O–H groups in total. The molecule has 0 spiro atoms. The van der Waals surface area contributed by atoms with E-state index in [0.717, 1.165) is 0 Å². The standard InChI is InChI=1S/C10H7ClO2S/c1-6-7(2-4-13-6)9(12)8-3-5-14-10(8)11/h2-5H,1H3. The highest BCUT2D eigenvalue weighted by Crippen LogP contribution is 2.26. The van der Waals surface area contributed by atoms with E-state index in [1.165, 1.54) is 17.6 Å². The highest BCUT2D eigenvalue weighted by molar-refractivity contribution is 7.14. The molecule has 2 aromatic heterocycles. The van der Waals surface area contributed by atoms with Gasteiger partial charge < -0.3 is 4.42 Å². The van der Waals surface area contributed by atoms with Crippen LogP contribution in [0.4, 0.5) is 0 Å². The van der Waals surface area contributed by atoms with Crippen LogP contribution in [0.2, 0.25) is 4.34 Å². The average Bonchev–Trinajstić information content (AvgIpc) is 2.73. The molecular formula is C10H7ClO2S. The van der Waals surface area contributed by atoms with Gasteiger partial charge in [-0.05, 0) is 24.4 Å². The largest absolute Gasteiger partial charge is 0.469 e. The number of hydrogen-bond acceptors (Lipinski definition) is 3. The Morgan fingerprint density at radius 3 is 2.71 bits per heavy atom. The summed E-state index contributed by atoms with van der Waals surface area (Å²) in [4.78, 5) is 11.9. The van der Waals surface area contributed by atoms with Crippen LogP contribution in [0.3, 0.4) is 0 Å². The number of rotatable bonds is 2. The van der Waals surface area contributed by atoms with Gasteiger partial charge in [-0.15, -0.1) is 11.3 Å². The first-order valence-electron chi connectivity index (χ1n) is 4.02. The number of thiophene rings is 1. The third-order valence-corrected chi connectivity index (χ3v) is 3.14. The van der Waals surface area contributed by atoms with Crippen LogP contribution in [0, 0.1) is 6.92 Å². The second kappa shape index (κ2) is 3.59. The summed E-state index contributed by atoms with van der Waals surface area (Å²) in [7, 11) is 0. The number of aryl methyl sites for hydroxylation is 1. The number of halogens is 1. The summed E-state index contributed by atoms with van der Waals surface area (Å²) in [5, 5.41) is 1.80. The predicted molar refractivity (Wildman–Crippen MR) is 56.2 cm³/mol. The highest BCUT2D eigenvalue weighted by atomic mass is 35.5. The predicted octanol–water partition coefficient (Wildman–Crippen LogP) is 3.53. The fraction of sp³-hybridized carbons (Fsp3) is 0.100. The van der Waals surface area contributed by atoms with Crippen LogP contribution in [0.1, 0.15) is 21.7 Å². The quantitative estimate of drug-likeness (QED) is 0.734. The summed E-state index contributed by atoms with van der Waals surface area (Å²) >= 11 is 7.22. The molecule has 0 fully saturated rings. The molecule has 0 aromatic carbocycles. The van der Waals surface area contributed by atoms with E-state index in [0.29, 0.717) is 21.2 Å². The van der Waals surface area contributed by atoms with Crippen molar-refractivity contribution in [3.8, 4) is 0 Å². The van der Waals surface area contributed by atoms with Crippen LogP contribution in [0.5, 0.6) is 0 Å². The highest BCUT2D eigenvalue weighted by Gasteiger charge is 2.17. The van der Waals surface area contributed by atoms with Crippen LogP contribution in [-0.2, 0) is 0 Å². The molecule has 0 atom stereocenters. The minimum absolute atomic E-state index is 0.0810. The molecule has 0 radical (unpaired) electrons. The van der Waals surface area contributed by atoms with Crippen molar-refractivity contribution < 1.29 is 9.21 Å². The molecule has 2 heterocycles. The Morgan fingerprint density at radius 1 is 1.43 bits per heavy atom. The monoisotopic (exact) mass is 226 g/mol. The molecule has 0 saturated carbocycles. The Kier molecular flexibility index (Phi) is 2.44. The van der Waals surface area contributed by atoms with Gasteiger partial charge in [-0.1, -0.05) is 11.6 Å². The normalized spacial score (nSPS) is 10.4. The molecule has 0 aliphatic rings. The maximum absolute atomic E-state index is 11.9. The lowest BCUT2D eigenvalue weighted by atomic mass is 10.1. The van der Waals surface area contributed by atoms with Crippen LogP contribution in [-0.4, -0.2) is 5.78 Å². The molecule has 4 heteroatoms. The SMILES string of the molecule is Cc1occc1C(=O)c1ccsc1Cl. The van der Waals surface area contributed by atoms with Gasteiger partial charge in [0.25, 0.3) is 0 Å². The summed E-state index contributed by atoms with van der Waals surface area (Å²) in [5.41, 5.74) is 1.12. The molecule has 0 saturated heterocycles. The number of hydrogen-bond donors (Lipinski definition) is 0. The molecule has 0 bridgehead atoms. The fourth-order valence-electron chi connectivity index (χ4n) is 1.22. The summed E-state index contributed by atoms with van der Waals surface area (Å²) in [6.45, 7) is 1.76. The first-order chi connectivity index (χ1) is 6.70. The van der Waals surface area contributed by atoms with Gasteiger partial charge in [-0.25, -0.2) is 0 Å². The maximum Gasteiger partial charge on any atom is 0.198 e. The zero-order valence-electron chi connectivity index (χ0n) is 7.41.